The van der Waals surface area contributed by atoms with Crippen LogP contribution in [0.25, 0.3) is 0 Å². The molecule has 0 aliphatic rings. The summed E-state index contributed by atoms with van der Waals surface area (Å²) in [5.41, 5.74) is 1.35. The van der Waals surface area contributed by atoms with Crippen molar-refractivity contribution in [1.82, 2.24) is 0 Å². The van der Waals surface area contributed by atoms with Gasteiger partial charge in [0.15, 0.2) is 11.5 Å². The van der Waals surface area contributed by atoms with Crippen LogP contribution in [-0.4, -0.2) is 13.2 Å². The summed E-state index contributed by atoms with van der Waals surface area (Å²) in [5.74, 6) is 1.65. The van der Waals surface area contributed by atoms with Gasteiger partial charge in [0.2, 0.25) is 0 Å². The van der Waals surface area contributed by atoms with E-state index >= 15 is 0 Å². The lowest BCUT2D eigenvalue weighted by Crippen LogP contribution is -2.02. The second-order valence-electron chi connectivity index (χ2n) is 4.32. The molecule has 2 heteroatoms. The molecule has 0 aliphatic carbocycles. The number of benzene rings is 2. The zero-order valence-electron chi connectivity index (χ0n) is 11.3. The Balaban J connectivity index is 1.79. The van der Waals surface area contributed by atoms with E-state index < -0.39 is 0 Å². The fourth-order valence-corrected chi connectivity index (χ4v) is 1.95. The minimum atomic E-state index is 0.657. The van der Waals surface area contributed by atoms with Crippen LogP contribution < -0.4 is 9.47 Å². The molecule has 0 amide bonds. The van der Waals surface area contributed by atoms with Crippen molar-refractivity contribution in [3.63, 3.8) is 0 Å². The Bertz CT molecular complexity index is 480. The minimum absolute atomic E-state index is 0.657. The van der Waals surface area contributed by atoms with E-state index in [2.05, 4.69) is 24.3 Å². The Labute approximate surface area is 115 Å². The van der Waals surface area contributed by atoms with Crippen molar-refractivity contribution >= 4 is 0 Å². The van der Waals surface area contributed by atoms with Crippen LogP contribution >= 0.6 is 0 Å². The summed E-state index contributed by atoms with van der Waals surface area (Å²) in [6, 6.07) is 18.3. The fraction of sp³-hybridized carbons (Fsp3) is 0.294. The van der Waals surface area contributed by atoms with Crippen LogP contribution in [-0.2, 0) is 6.42 Å². The number of ether oxygens (including phenoxy) is 2. The second-order valence-corrected chi connectivity index (χ2v) is 4.32. The molecule has 2 nitrogen and oxygen atoms in total. The maximum absolute atomic E-state index is 5.79. The van der Waals surface area contributed by atoms with Gasteiger partial charge in [-0.15, -0.1) is 0 Å². The molecule has 0 radical (unpaired) electrons. The molecule has 0 saturated carbocycles. The lowest BCUT2D eigenvalue weighted by atomic mass is 10.1. The van der Waals surface area contributed by atoms with Gasteiger partial charge < -0.3 is 9.47 Å². The van der Waals surface area contributed by atoms with Crippen molar-refractivity contribution in [3.05, 3.63) is 60.2 Å². The van der Waals surface area contributed by atoms with E-state index in [-0.39, 0.29) is 0 Å². The SMILES string of the molecule is CCOc1ccccc1OCCCc1ccccc1. The first-order chi connectivity index (χ1) is 9.40. The first kappa shape index (κ1) is 13.5. The second kappa shape index (κ2) is 7.47. The Kier molecular flexibility index (Phi) is 5.30. The molecule has 100 valence electrons. The van der Waals surface area contributed by atoms with E-state index in [1.165, 1.54) is 5.56 Å². The van der Waals surface area contributed by atoms with Crippen LogP contribution in [0.1, 0.15) is 18.9 Å². The Hall–Kier alpha value is -1.96. The lowest BCUT2D eigenvalue weighted by Gasteiger charge is -2.11. The molecule has 0 aliphatic heterocycles. The van der Waals surface area contributed by atoms with Gasteiger partial charge >= 0.3 is 0 Å². The predicted octanol–water partition coefficient (Wildman–Crippen LogP) is 4.10. The molecule has 0 spiro atoms. The van der Waals surface area contributed by atoms with E-state index in [1.54, 1.807) is 0 Å². The summed E-state index contributed by atoms with van der Waals surface area (Å²) in [7, 11) is 0. The van der Waals surface area contributed by atoms with Gasteiger partial charge in [0.05, 0.1) is 13.2 Å². The molecule has 0 fully saturated rings. The molecule has 2 aromatic rings. The van der Waals surface area contributed by atoms with Gasteiger partial charge in [0, 0.05) is 0 Å². The molecule has 2 rings (SSSR count). The zero-order chi connectivity index (χ0) is 13.3. The maximum Gasteiger partial charge on any atom is 0.161 e. The zero-order valence-corrected chi connectivity index (χ0v) is 11.3. The van der Waals surface area contributed by atoms with Crippen molar-refractivity contribution in [2.45, 2.75) is 19.8 Å². The maximum atomic E-state index is 5.79. The predicted molar refractivity (Wildman–Crippen MR) is 77.9 cm³/mol. The average molecular weight is 256 g/mol. The highest BCUT2D eigenvalue weighted by atomic mass is 16.5. The van der Waals surface area contributed by atoms with Gasteiger partial charge in [-0.05, 0) is 37.5 Å². The largest absolute Gasteiger partial charge is 0.490 e. The van der Waals surface area contributed by atoms with Crippen LogP contribution in [0.15, 0.2) is 54.6 Å². The molecular weight excluding hydrogens is 236 g/mol. The van der Waals surface area contributed by atoms with Gasteiger partial charge in [-0.1, -0.05) is 42.5 Å². The highest BCUT2D eigenvalue weighted by molar-refractivity contribution is 5.39. The highest BCUT2D eigenvalue weighted by Crippen LogP contribution is 2.26. The molecule has 19 heavy (non-hydrogen) atoms. The van der Waals surface area contributed by atoms with Gasteiger partial charge in [-0.25, -0.2) is 0 Å². The normalized spacial score (nSPS) is 10.2. The molecule has 0 N–H and O–H groups in total. The molecule has 2 aromatic carbocycles. The number of hydrogen-bond donors (Lipinski definition) is 0. The fourth-order valence-electron chi connectivity index (χ4n) is 1.95. The minimum Gasteiger partial charge on any atom is -0.490 e. The first-order valence-electron chi connectivity index (χ1n) is 6.78. The molecule has 0 atom stereocenters. The summed E-state index contributed by atoms with van der Waals surface area (Å²) < 4.78 is 11.3. The van der Waals surface area contributed by atoms with E-state index in [9.17, 15) is 0 Å². The summed E-state index contributed by atoms with van der Waals surface area (Å²) in [6.45, 7) is 3.34. The van der Waals surface area contributed by atoms with Crippen LogP contribution in [0.4, 0.5) is 0 Å². The van der Waals surface area contributed by atoms with Crippen LogP contribution in [0, 0.1) is 0 Å². The third-order valence-corrected chi connectivity index (χ3v) is 2.86. The third kappa shape index (κ3) is 4.32. The van der Waals surface area contributed by atoms with Crippen molar-refractivity contribution < 1.29 is 9.47 Å². The number of hydrogen-bond acceptors (Lipinski definition) is 2. The average Bonchev–Trinajstić information content (AvgIpc) is 2.47. The van der Waals surface area contributed by atoms with E-state index in [0.29, 0.717) is 13.2 Å². The van der Waals surface area contributed by atoms with Gasteiger partial charge in [-0.2, -0.15) is 0 Å². The van der Waals surface area contributed by atoms with Crippen LogP contribution in [0.3, 0.4) is 0 Å². The van der Waals surface area contributed by atoms with Gasteiger partial charge in [0.1, 0.15) is 0 Å². The smallest absolute Gasteiger partial charge is 0.161 e. The lowest BCUT2D eigenvalue weighted by molar-refractivity contribution is 0.273. The molecule has 0 unspecified atom stereocenters. The number of rotatable bonds is 7. The van der Waals surface area contributed by atoms with Crippen molar-refractivity contribution in [1.29, 1.82) is 0 Å². The molecule has 0 heterocycles. The van der Waals surface area contributed by atoms with Crippen LogP contribution in [0.5, 0.6) is 11.5 Å². The van der Waals surface area contributed by atoms with Crippen molar-refractivity contribution in [2.24, 2.45) is 0 Å². The monoisotopic (exact) mass is 256 g/mol. The molecule has 0 saturated heterocycles. The summed E-state index contributed by atoms with van der Waals surface area (Å²) in [6.07, 6.45) is 2.04. The third-order valence-electron chi connectivity index (χ3n) is 2.86. The Morgan fingerprint density at radius 2 is 1.42 bits per heavy atom. The number of aryl methyl sites for hydroxylation is 1. The number of para-hydroxylation sites is 2. The highest BCUT2D eigenvalue weighted by Gasteiger charge is 2.02. The Morgan fingerprint density at radius 1 is 0.789 bits per heavy atom. The molecular formula is C17H20O2. The topological polar surface area (TPSA) is 18.5 Å². The van der Waals surface area contributed by atoms with Gasteiger partial charge in [-0.3, -0.25) is 0 Å². The van der Waals surface area contributed by atoms with E-state index in [0.717, 1.165) is 24.3 Å². The van der Waals surface area contributed by atoms with Crippen molar-refractivity contribution in [3.8, 4) is 11.5 Å². The summed E-state index contributed by atoms with van der Waals surface area (Å²) >= 11 is 0. The standard InChI is InChI=1S/C17H20O2/c1-2-18-16-12-6-7-13-17(16)19-14-8-11-15-9-4-3-5-10-15/h3-7,9-10,12-13H,2,8,11,14H2,1H3. The summed E-state index contributed by atoms with van der Waals surface area (Å²) in [5, 5.41) is 0. The quantitative estimate of drug-likeness (QED) is 0.694. The first-order valence-corrected chi connectivity index (χ1v) is 6.78. The molecule has 0 aromatic heterocycles. The van der Waals surface area contributed by atoms with Crippen molar-refractivity contribution in [2.75, 3.05) is 13.2 Å². The van der Waals surface area contributed by atoms with Crippen LogP contribution in [0.2, 0.25) is 0 Å². The summed E-state index contributed by atoms with van der Waals surface area (Å²) in [4.78, 5) is 0. The molecule has 0 bridgehead atoms. The van der Waals surface area contributed by atoms with E-state index in [1.807, 2.05) is 37.3 Å². The Morgan fingerprint density at radius 3 is 2.11 bits per heavy atom. The van der Waals surface area contributed by atoms with Gasteiger partial charge in [0.25, 0.3) is 0 Å². The van der Waals surface area contributed by atoms with E-state index in [4.69, 9.17) is 9.47 Å².